The van der Waals surface area contributed by atoms with E-state index in [0.29, 0.717) is 6.61 Å². The Hall–Kier alpha value is -0.900. The van der Waals surface area contributed by atoms with E-state index in [1.54, 1.807) is 17.6 Å². The van der Waals surface area contributed by atoms with Crippen LogP contribution in [0.25, 0.3) is 0 Å². The SMILES string of the molecule is CCON=Cc1nc(C)c(C)s1. The van der Waals surface area contributed by atoms with Crippen molar-refractivity contribution in [3.8, 4) is 0 Å². The van der Waals surface area contributed by atoms with Gasteiger partial charge in [0, 0.05) is 4.88 Å². The predicted octanol–water partition coefficient (Wildman–Crippen LogP) is 2.13. The van der Waals surface area contributed by atoms with E-state index in [9.17, 15) is 0 Å². The molecule has 0 saturated heterocycles. The fourth-order valence-electron chi connectivity index (χ4n) is 0.710. The van der Waals surface area contributed by atoms with Crippen molar-refractivity contribution in [1.82, 2.24) is 4.98 Å². The zero-order valence-corrected chi connectivity index (χ0v) is 8.31. The van der Waals surface area contributed by atoms with Gasteiger partial charge in [0.2, 0.25) is 0 Å². The summed E-state index contributed by atoms with van der Waals surface area (Å²) >= 11 is 1.62. The Kier molecular flexibility index (Phi) is 3.22. The first-order chi connectivity index (χ1) is 5.74. The van der Waals surface area contributed by atoms with Crippen LogP contribution in [0, 0.1) is 13.8 Å². The summed E-state index contributed by atoms with van der Waals surface area (Å²) in [4.78, 5) is 10.3. The number of hydrogen-bond acceptors (Lipinski definition) is 4. The summed E-state index contributed by atoms with van der Waals surface area (Å²) in [6, 6.07) is 0. The Morgan fingerprint density at radius 3 is 2.83 bits per heavy atom. The van der Waals surface area contributed by atoms with E-state index in [1.807, 2.05) is 20.8 Å². The van der Waals surface area contributed by atoms with Gasteiger partial charge in [0.1, 0.15) is 17.8 Å². The van der Waals surface area contributed by atoms with E-state index >= 15 is 0 Å². The smallest absolute Gasteiger partial charge is 0.138 e. The lowest BCUT2D eigenvalue weighted by Crippen LogP contribution is -1.83. The molecule has 0 amide bonds. The highest BCUT2D eigenvalue weighted by atomic mass is 32.1. The molecule has 0 bridgehead atoms. The van der Waals surface area contributed by atoms with Crippen LogP contribution in [0.3, 0.4) is 0 Å². The zero-order chi connectivity index (χ0) is 8.97. The van der Waals surface area contributed by atoms with Crippen molar-refractivity contribution in [3.05, 3.63) is 15.6 Å². The molecule has 1 aromatic rings. The van der Waals surface area contributed by atoms with Crippen LogP contribution in [0.5, 0.6) is 0 Å². The Bertz CT molecular complexity index is 261. The topological polar surface area (TPSA) is 34.5 Å². The van der Waals surface area contributed by atoms with Crippen molar-refractivity contribution in [2.75, 3.05) is 6.61 Å². The van der Waals surface area contributed by atoms with Gasteiger partial charge in [0.05, 0.1) is 5.69 Å². The minimum Gasteiger partial charge on any atom is -0.396 e. The van der Waals surface area contributed by atoms with Gasteiger partial charge in [-0.25, -0.2) is 4.98 Å². The second-order valence-electron chi connectivity index (χ2n) is 2.35. The monoisotopic (exact) mass is 184 g/mol. The van der Waals surface area contributed by atoms with E-state index in [0.717, 1.165) is 10.7 Å². The first-order valence-electron chi connectivity index (χ1n) is 3.83. The fraction of sp³-hybridized carbons (Fsp3) is 0.500. The molecule has 3 nitrogen and oxygen atoms in total. The van der Waals surface area contributed by atoms with Crippen LogP contribution in [0.2, 0.25) is 0 Å². The summed E-state index contributed by atoms with van der Waals surface area (Å²) in [5.74, 6) is 0. The number of oxime groups is 1. The van der Waals surface area contributed by atoms with Crippen molar-refractivity contribution in [2.45, 2.75) is 20.8 Å². The van der Waals surface area contributed by atoms with Crippen molar-refractivity contribution in [1.29, 1.82) is 0 Å². The van der Waals surface area contributed by atoms with E-state index in [1.165, 1.54) is 4.88 Å². The minimum absolute atomic E-state index is 0.597. The maximum atomic E-state index is 4.82. The van der Waals surface area contributed by atoms with Crippen molar-refractivity contribution >= 4 is 17.6 Å². The summed E-state index contributed by atoms with van der Waals surface area (Å²) in [5, 5.41) is 4.64. The molecule has 66 valence electrons. The molecule has 1 rings (SSSR count). The molecule has 0 N–H and O–H groups in total. The van der Waals surface area contributed by atoms with Crippen LogP contribution in [0.1, 0.15) is 22.5 Å². The van der Waals surface area contributed by atoms with Gasteiger partial charge < -0.3 is 4.84 Å². The molecule has 1 heterocycles. The highest BCUT2D eigenvalue weighted by molar-refractivity contribution is 7.13. The fourth-order valence-corrected chi connectivity index (χ4v) is 1.50. The molecular weight excluding hydrogens is 172 g/mol. The van der Waals surface area contributed by atoms with Gasteiger partial charge in [-0.3, -0.25) is 0 Å². The van der Waals surface area contributed by atoms with Crippen molar-refractivity contribution in [3.63, 3.8) is 0 Å². The summed E-state index contributed by atoms with van der Waals surface area (Å²) in [6.45, 7) is 6.53. The number of rotatable bonds is 3. The second kappa shape index (κ2) is 4.21. The number of nitrogens with zero attached hydrogens (tertiary/aromatic N) is 2. The average Bonchev–Trinajstić information content (AvgIpc) is 2.32. The third kappa shape index (κ3) is 2.30. The molecule has 0 radical (unpaired) electrons. The molecule has 0 atom stereocenters. The molecular formula is C8H12N2OS. The zero-order valence-electron chi connectivity index (χ0n) is 7.50. The van der Waals surface area contributed by atoms with Crippen LogP contribution in [-0.4, -0.2) is 17.8 Å². The van der Waals surface area contributed by atoms with Crippen LogP contribution < -0.4 is 0 Å². The molecule has 0 aliphatic carbocycles. The first-order valence-corrected chi connectivity index (χ1v) is 4.65. The number of aromatic nitrogens is 1. The molecule has 4 heteroatoms. The largest absolute Gasteiger partial charge is 0.396 e. The van der Waals surface area contributed by atoms with Crippen LogP contribution in [-0.2, 0) is 4.84 Å². The summed E-state index contributed by atoms with van der Waals surface area (Å²) in [7, 11) is 0. The summed E-state index contributed by atoms with van der Waals surface area (Å²) < 4.78 is 0. The molecule has 0 aliphatic rings. The molecule has 0 fully saturated rings. The molecule has 0 saturated carbocycles. The third-order valence-corrected chi connectivity index (χ3v) is 2.42. The van der Waals surface area contributed by atoms with Gasteiger partial charge in [0.25, 0.3) is 0 Å². The average molecular weight is 184 g/mol. The number of thiazole rings is 1. The van der Waals surface area contributed by atoms with E-state index in [4.69, 9.17) is 4.84 Å². The minimum atomic E-state index is 0.597. The van der Waals surface area contributed by atoms with Crippen molar-refractivity contribution in [2.24, 2.45) is 5.16 Å². The van der Waals surface area contributed by atoms with E-state index in [-0.39, 0.29) is 0 Å². The first kappa shape index (κ1) is 9.19. The molecule has 0 aromatic carbocycles. The third-order valence-electron chi connectivity index (χ3n) is 1.41. The Morgan fingerprint density at radius 2 is 2.33 bits per heavy atom. The predicted molar refractivity (Wildman–Crippen MR) is 50.8 cm³/mol. The summed E-state index contributed by atoms with van der Waals surface area (Å²) in [6.07, 6.45) is 1.65. The number of aryl methyl sites for hydroxylation is 2. The normalized spacial score (nSPS) is 10.9. The Labute approximate surface area is 76.1 Å². The standard InChI is InChI=1S/C8H12N2OS/c1-4-11-9-5-8-10-6(2)7(3)12-8/h5H,4H2,1-3H3. The van der Waals surface area contributed by atoms with Crippen LogP contribution in [0.4, 0.5) is 0 Å². The molecule has 1 aromatic heterocycles. The Balaban J connectivity index is 2.64. The second-order valence-corrected chi connectivity index (χ2v) is 3.58. The lowest BCUT2D eigenvalue weighted by molar-refractivity contribution is 0.160. The highest BCUT2D eigenvalue weighted by Crippen LogP contribution is 2.14. The lowest BCUT2D eigenvalue weighted by atomic mass is 10.4. The quantitative estimate of drug-likeness (QED) is 0.532. The van der Waals surface area contributed by atoms with Crippen molar-refractivity contribution < 1.29 is 4.84 Å². The highest BCUT2D eigenvalue weighted by Gasteiger charge is 1.99. The molecule has 12 heavy (non-hydrogen) atoms. The van der Waals surface area contributed by atoms with Gasteiger partial charge in [-0.05, 0) is 20.8 Å². The van der Waals surface area contributed by atoms with Gasteiger partial charge in [-0.1, -0.05) is 5.16 Å². The van der Waals surface area contributed by atoms with Gasteiger partial charge in [-0.15, -0.1) is 11.3 Å². The van der Waals surface area contributed by atoms with E-state index < -0.39 is 0 Å². The lowest BCUT2D eigenvalue weighted by Gasteiger charge is -1.87. The van der Waals surface area contributed by atoms with Crippen LogP contribution in [0.15, 0.2) is 5.16 Å². The van der Waals surface area contributed by atoms with Gasteiger partial charge in [-0.2, -0.15) is 0 Å². The van der Waals surface area contributed by atoms with Gasteiger partial charge >= 0.3 is 0 Å². The maximum Gasteiger partial charge on any atom is 0.138 e. The van der Waals surface area contributed by atoms with E-state index in [2.05, 4.69) is 10.1 Å². The number of hydrogen-bond donors (Lipinski definition) is 0. The Morgan fingerprint density at radius 1 is 1.58 bits per heavy atom. The molecule has 0 unspecified atom stereocenters. The molecule has 0 aliphatic heterocycles. The van der Waals surface area contributed by atoms with Gasteiger partial charge in [0.15, 0.2) is 0 Å². The maximum absolute atomic E-state index is 4.82. The molecule has 0 spiro atoms. The van der Waals surface area contributed by atoms with Crippen LogP contribution >= 0.6 is 11.3 Å². The summed E-state index contributed by atoms with van der Waals surface area (Å²) in [5.41, 5.74) is 1.07.